The van der Waals surface area contributed by atoms with Crippen LogP contribution in [0, 0.1) is 0 Å². The molecule has 3 aromatic rings. The van der Waals surface area contributed by atoms with Crippen molar-refractivity contribution in [1.29, 1.82) is 0 Å². The lowest BCUT2D eigenvalue weighted by molar-refractivity contribution is 0.103. The van der Waals surface area contributed by atoms with E-state index in [1.165, 1.54) is 0 Å². The van der Waals surface area contributed by atoms with E-state index < -0.39 is 0 Å². The molecular formula is C24H28ClN5O2S. The molecule has 1 atom stereocenters. The smallest absolute Gasteiger partial charge is 0.345 e. The van der Waals surface area contributed by atoms with Crippen molar-refractivity contribution in [3.63, 3.8) is 0 Å². The fraction of sp³-hybridized carbons (Fsp3) is 0.333. The summed E-state index contributed by atoms with van der Waals surface area (Å²) in [5.41, 5.74) is 2.24. The van der Waals surface area contributed by atoms with Crippen LogP contribution >= 0.6 is 24.2 Å². The molecule has 0 N–H and O–H groups in total. The number of carbonyl (C=O) groups is 1. The summed E-state index contributed by atoms with van der Waals surface area (Å²) >= 11 is 1.95. The van der Waals surface area contributed by atoms with Crippen LogP contribution in [0.3, 0.4) is 0 Å². The Hall–Kier alpha value is -2.84. The Bertz CT molecular complexity index is 1100. The van der Waals surface area contributed by atoms with E-state index >= 15 is 0 Å². The van der Waals surface area contributed by atoms with Crippen molar-refractivity contribution in [2.45, 2.75) is 12.8 Å². The highest BCUT2D eigenvalue weighted by Gasteiger charge is 2.21. The Morgan fingerprint density at radius 2 is 1.76 bits per heavy atom. The fourth-order valence-electron chi connectivity index (χ4n) is 3.60. The standard InChI is InChI=1S/C24H27N5O2S.ClH/c1-17(19-10-7-11-20(16-19)21(30)18-8-5-4-6-9-18)22-26-27-23(31-22)25-24(28(2)3)29-12-14-32-15-13-29;/h4-11,16-17H,12-15H2,1-3H3;1H. The van der Waals surface area contributed by atoms with Gasteiger partial charge in [0.05, 0.1) is 5.92 Å². The van der Waals surface area contributed by atoms with Crippen molar-refractivity contribution in [3.8, 4) is 0 Å². The molecule has 33 heavy (non-hydrogen) atoms. The minimum atomic E-state index is -0.163. The van der Waals surface area contributed by atoms with Crippen molar-refractivity contribution < 1.29 is 9.21 Å². The van der Waals surface area contributed by atoms with Crippen molar-refractivity contribution in [1.82, 2.24) is 20.0 Å². The second-order valence-electron chi connectivity index (χ2n) is 7.87. The van der Waals surface area contributed by atoms with Crippen LogP contribution in [0.15, 0.2) is 64.0 Å². The molecule has 0 saturated carbocycles. The quantitative estimate of drug-likeness (QED) is 0.300. The number of guanidine groups is 1. The van der Waals surface area contributed by atoms with Gasteiger partial charge in [0.1, 0.15) is 0 Å². The number of nitrogens with zero attached hydrogens (tertiary/aromatic N) is 5. The average Bonchev–Trinajstić information content (AvgIpc) is 3.31. The number of aromatic nitrogens is 2. The highest BCUT2D eigenvalue weighted by atomic mass is 35.5. The number of ketones is 1. The van der Waals surface area contributed by atoms with E-state index in [2.05, 4.69) is 20.1 Å². The second-order valence-corrected chi connectivity index (χ2v) is 9.10. The summed E-state index contributed by atoms with van der Waals surface area (Å²) in [4.78, 5) is 21.7. The maximum atomic E-state index is 12.8. The Morgan fingerprint density at radius 3 is 2.45 bits per heavy atom. The van der Waals surface area contributed by atoms with E-state index in [0.29, 0.717) is 17.0 Å². The molecule has 1 unspecified atom stereocenters. The van der Waals surface area contributed by atoms with E-state index in [4.69, 9.17) is 4.42 Å². The molecule has 0 spiro atoms. The largest absolute Gasteiger partial charge is 0.406 e. The van der Waals surface area contributed by atoms with E-state index in [0.717, 1.165) is 36.1 Å². The summed E-state index contributed by atoms with van der Waals surface area (Å²) < 4.78 is 5.90. The third-order valence-electron chi connectivity index (χ3n) is 5.37. The zero-order chi connectivity index (χ0) is 22.5. The monoisotopic (exact) mass is 485 g/mol. The fourth-order valence-corrected chi connectivity index (χ4v) is 4.50. The molecule has 174 valence electrons. The zero-order valence-corrected chi connectivity index (χ0v) is 20.6. The molecule has 1 aliphatic heterocycles. The SMILES string of the molecule is CC(c1cccc(C(=O)c2ccccc2)c1)c1nnc(N=C(N(C)C)N2CCSCC2)o1.Cl. The lowest BCUT2D eigenvalue weighted by Crippen LogP contribution is -2.44. The Labute approximate surface area is 204 Å². The maximum Gasteiger partial charge on any atom is 0.345 e. The van der Waals surface area contributed by atoms with Crippen molar-refractivity contribution in [2.75, 3.05) is 38.7 Å². The zero-order valence-electron chi connectivity index (χ0n) is 19.0. The first kappa shape index (κ1) is 24.8. The number of halogens is 1. The van der Waals surface area contributed by atoms with Crippen LogP contribution in [0.5, 0.6) is 0 Å². The van der Waals surface area contributed by atoms with Crippen molar-refractivity contribution >= 4 is 41.9 Å². The van der Waals surface area contributed by atoms with Crippen molar-refractivity contribution in [2.24, 2.45) is 4.99 Å². The van der Waals surface area contributed by atoms with Crippen LogP contribution in [-0.2, 0) is 0 Å². The van der Waals surface area contributed by atoms with Crippen LogP contribution < -0.4 is 0 Å². The second kappa shape index (κ2) is 11.3. The number of hydrogen-bond acceptors (Lipinski definition) is 6. The van der Waals surface area contributed by atoms with E-state index in [-0.39, 0.29) is 30.1 Å². The van der Waals surface area contributed by atoms with E-state index in [1.807, 2.05) is 92.3 Å². The highest BCUT2D eigenvalue weighted by molar-refractivity contribution is 7.99. The molecule has 1 saturated heterocycles. The number of benzene rings is 2. The predicted molar refractivity (Wildman–Crippen MR) is 135 cm³/mol. The normalized spacial score (nSPS) is 15.0. The summed E-state index contributed by atoms with van der Waals surface area (Å²) in [5, 5.41) is 8.39. The third kappa shape index (κ3) is 5.94. The van der Waals surface area contributed by atoms with Crippen LogP contribution in [0.2, 0.25) is 0 Å². The summed E-state index contributed by atoms with van der Waals surface area (Å²) in [6.07, 6.45) is 0. The molecule has 0 radical (unpaired) electrons. The van der Waals surface area contributed by atoms with E-state index in [9.17, 15) is 4.79 Å². The first-order valence-electron chi connectivity index (χ1n) is 10.6. The first-order valence-corrected chi connectivity index (χ1v) is 11.8. The summed E-state index contributed by atoms with van der Waals surface area (Å²) in [5.74, 6) is 3.28. The number of thioether (sulfide) groups is 1. The molecule has 4 rings (SSSR count). The Morgan fingerprint density at radius 1 is 1.06 bits per heavy atom. The molecule has 0 bridgehead atoms. The molecule has 1 aliphatic rings. The first-order chi connectivity index (χ1) is 15.5. The number of aliphatic imine (C=N–C) groups is 1. The summed E-state index contributed by atoms with van der Waals surface area (Å²) in [6.45, 7) is 3.88. The van der Waals surface area contributed by atoms with Gasteiger partial charge in [0, 0.05) is 49.8 Å². The van der Waals surface area contributed by atoms with Gasteiger partial charge in [-0.15, -0.1) is 17.5 Å². The van der Waals surface area contributed by atoms with Gasteiger partial charge < -0.3 is 14.2 Å². The maximum absolute atomic E-state index is 12.8. The van der Waals surface area contributed by atoms with Gasteiger partial charge in [-0.05, 0) is 18.6 Å². The van der Waals surface area contributed by atoms with Crippen molar-refractivity contribution in [3.05, 3.63) is 77.2 Å². The van der Waals surface area contributed by atoms with Gasteiger partial charge in [0.2, 0.25) is 11.9 Å². The van der Waals surface area contributed by atoms with Crippen LogP contribution in [0.1, 0.15) is 40.2 Å². The van der Waals surface area contributed by atoms with Gasteiger partial charge in [-0.1, -0.05) is 53.6 Å². The number of hydrogen-bond donors (Lipinski definition) is 0. The Balaban J connectivity index is 0.00000306. The highest BCUT2D eigenvalue weighted by Crippen LogP contribution is 2.26. The topological polar surface area (TPSA) is 74.8 Å². The molecule has 0 aliphatic carbocycles. The van der Waals surface area contributed by atoms with Gasteiger partial charge in [-0.3, -0.25) is 4.79 Å². The third-order valence-corrected chi connectivity index (χ3v) is 6.32. The predicted octanol–water partition coefficient (Wildman–Crippen LogP) is 4.47. The molecule has 7 nitrogen and oxygen atoms in total. The minimum absolute atomic E-state index is 0. The summed E-state index contributed by atoms with van der Waals surface area (Å²) in [6, 6.07) is 17.1. The van der Waals surface area contributed by atoms with E-state index in [1.54, 1.807) is 0 Å². The van der Waals surface area contributed by atoms with Crippen LogP contribution in [-0.4, -0.2) is 70.4 Å². The summed E-state index contributed by atoms with van der Waals surface area (Å²) in [7, 11) is 3.94. The van der Waals surface area contributed by atoms with Gasteiger partial charge in [0.15, 0.2) is 5.78 Å². The van der Waals surface area contributed by atoms with Gasteiger partial charge >= 0.3 is 6.01 Å². The van der Waals surface area contributed by atoms with Crippen LogP contribution in [0.25, 0.3) is 0 Å². The molecule has 9 heteroatoms. The van der Waals surface area contributed by atoms with Gasteiger partial charge in [0.25, 0.3) is 0 Å². The number of carbonyl (C=O) groups excluding carboxylic acids is 1. The molecule has 1 fully saturated rings. The molecule has 1 aromatic heterocycles. The minimum Gasteiger partial charge on any atom is -0.406 e. The lowest BCUT2D eigenvalue weighted by atomic mass is 9.96. The molecular weight excluding hydrogens is 458 g/mol. The average molecular weight is 486 g/mol. The van der Waals surface area contributed by atoms with Crippen LogP contribution in [0.4, 0.5) is 6.01 Å². The molecule has 2 aromatic carbocycles. The molecule has 2 heterocycles. The number of rotatable bonds is 5. The van der Waals surface area contributed by atoms with Gasteiger partial charge in [-0.25, -0.2) is 0 Å². The Kier molecular flexibility index (Phi) is 8.52. The van der Waals surface area contributed by atoms with Gasteiger partial charge in [-0.2, -0.15) is 16.8 Å². The lowest BCUT2D eigenvalue weighted by Gasteiger charge is -2.32. The molecule has 0 amide bonds.